The lowest BCUT2D eigenvalue weighted by molar-refractivity contribution is -0.132. The fraction of sp³-hybridized carbons (Fsp3) is 0.409. The average Bonchev–Trinajstić information content (AvgIpc) is 3.08. The molecule has 1 fully saturated rings. The van der Waals surface area contributed by atoms with Gasteiger partial charge >= 0.3 is 0 Å². The van der Waals surface area contributed by atoms with E-state index >= 15 is 0 Å². The molecule has 0 bridgehead atoms. The minimum atomic E-state index is -0.324. The summed E-state index contributed by atoms with van der Waals surface area (Å²) in [6, 6.07) is 8.56. The molecule has 30 heavy (non-hydrogen) atoms. The van der Waals surface area contributed by atoms with Crippen LogP contribution in [0.3, 0.4) is 0 Å². The zero-order valence-corrected chi connectivity index (χ0v) is 18.7. The van der Waals surface area contributed by atoms with Crippen LogP contribution in [0.5, 0.6) is 0 Å². The Balaban J connectivity index is 1.53. The highest BCUT2D eigenvalue weighted by Crippen LogP contribution is 2.28. The number of nitrogens with one attached hydrogen (secondary N) is 2. The number of carbonyl (C=O) groups is 3. The van der Waals surface area contributed by atoms with E-state index in [2.05, 4.69) is 17.6 Å². The molecule has 1 atom stereocenters. The van der Waals surface area contributed by atoms with Gasteiger partial charge in [0.2, 0.25) is 5.91 Å². The van der Waals surface area contributed by atoms with Gasteiger partial charge in [0.1, 0.15) is 0 Å². The zero-order valence-electron chi connectivity index (χ0n) is 17.2. The molecule has 6 nitrogen and oxygen atoms in total. The molecular formula is C22H26ClN3O3S. The van der Waals surface area contributed by atoms with Crippen molar-refractivity contribution < 1.29 is 14.4 Å². The Kier molecular flexibility index (Phi) is 7.50. The molecule has 1 unspecified atom stereocenters. The van der Waals surface area contributed by atoms with E-state index in [0.29, 0.717) is 39.3 Å². The second kappa shape index (κ2) is 10.1. The first kappa shape index (κ1) is 22.3. The molecule has 1 aromatic heterocycles. The molecule has 2 N–H and O–H groups in total. The van der Waals surface area contributed by atoms with E-state index in [1.807, 2.05) is 11.8 Å². The number of piperidine rings is 1. The Morgan fingerprint density at radius 2 is 2.00 bits per heavy atom. The van der Waals surface area contributed by atoms with Crippen LogP contribution in [0.1, 0.15) is 51.8 Å². The Morgan fingerprint density at radius 1 is 1.23 bits per heavy atom. The van der Waals surface area contributed by atoms with E-state index in [9.17, 15) is 14.4 Å². The fourth-order valence-corrected chi connectivity index (χ4v) is 4.74. The van der Waals surface area contributed by atoms with Crippen LogP contribution in [0.2, 0.25) is 5.02 Å². The van der Waals surface area contributed by atoms with Gasteiger partial charge in [-0.05, 0) is 49.4 Å². The molecule has 0 aliphatic carbocycles. The van der Waals surface area contributed by atoms with Gasteiger partial charge in [-0.2, -0.15) is 0 Å². The summed E-state index contributed by atoms with van der Waals surface area (Å²) in [7, 11) is 0. The first-order valence-corrected chi connectivity index (χ1v) is 11.3. The van der Waals surface area contributed by atoms with Crippen molar-refractivity contribution >= 4 is 45.7 Å². The number of aryl methyl sites for hydroxylation is 1. The molecule has 3 rings (SSSR count). The number of likely N-dealkylation sites (tertiary alicyclic amines) is 1. The van der Waals surface area contributed by atoms with Crippen molar-refractivity contribution in [2.24, 2.45) is 5.92 Å². The van der Waals surface area contributed by atoms with E-state index < -0.39 is 0 Å². The molecule has 2 aromatic rings. The molecule has 1 aromatic carbocycles. The Hall–Kier alpha value is -2.38. The highest BCUT2D eigenvalue weighted by molar-refractivity contribution is 7.18. The van der Waals surface area contributed by atoms with Crippen LogP contribution in [-0.4, -0.2) is 42.3 Å². The smallest absolute Gasteiger partial charge is 0.261 e. The average molecular weight is 448 g/mol. The van der Waals surface area contributed by atoms with Crippen molar-refractivity contribution in [2.75, 3.05) is 25.0 Å². The highest BCUT2D eigenvalue weighted by atomic mass is 35.5. The molecule has 1 aliphatic heterocycles. The van der Waals surface area contributed by atoms with Gasteiger partial charge in [-0.1, -0.05) is 30.7 Å². The first-order chi connectivity index (χ1) is 14.3. The Morgan fingerprint density at radius 3 is 2.73 bits per heavy atom. The van der Waals surface area contributed by atoms with Crippen molar-refractivity contribution in [1.82, 2.24) is 10.2 Å². The second-order valence-electron chi connectivity index (χ2n) is 7.65. The van der Waals surface area contributed by atoms with Gasteiger partial charge in [-0.3, -0.25) is 14.4 Å². The van der Waals surface area contributed by atoms with Gasteiger partial charge in [0, 0.05) is 26.1 Å². The lowest BCUT2D eigenvalue weighted by atomic mass is 10.00. The highest BCUT2D eigenvalue weighted by Gasteiger charge is 2.21. The summed E-state index contributed by atoms with van der Waals surface area (Å²) in [6.07, 6.45) is 2.49. The van der Waals surface area contributed by atoms with Crippen LogP contribution in [0.4, 0.5) is 5.00 Å². The van der Waals surface area contributed by atoms with Crippen LogP contribution < -0.4 is 10.6 Å². The number of amides is 3. The molecule has 1 saturated heterocycles. The minimum absolute atomic E-state index is 0.0810. The van der Waals surface area contributed by atoms with Crippen LogP contribution in [0, 0.1) is 12.8 Å². The number of halogens is 1. The van der Waals surface area contributed by atoms with Gasteiger partial charge in [0.15, 0.2) is 0 Å². The summed E-state index contributed by atoms with van der Waals surface area (Å²) >= 11 is 7.27. The van der Waals surface area contributed by atoms with Crippen LogP contribution in [-0.2, 0) is 4.79 Å². The quantitative estimate of drug-likeness (QED) is 0.691. The van der Waals surface area contributed by atoms with Gasteiger partial charge in [0.25, 0.3) is 11.8 Å². The molecule has 8 heteroatoms. The summed E-state index contributed by atoms with van der Waals surface area (Å²) in [5, 5.41) is 6.55. The predicted molar refractivity (Wildman–Crippen MR) is 120 cm³/mol. The summed E-state index contributed by atoms with van der Waals surface area (Å²) in [5.74, 6) is 0.0496. The second-order valence-corrected chi connectivity index (χ2v) is 9.11. The van der Waals surface area contributed by atoms with E-state index in [0.717, 1.165) is 31.5 Å². The van der Waals surface area contributed by atoms with Gasteiger partial charge in [-0.15, -0.1) is 11.3 Å². The maximum Gasteiger partial charge on any atom is 0.261 e. The minimum Gasteiger partial charge on any atom is -0.351 e. The lowest BCUT2D eigenvalue weighted by Gasteiger charge is -2.31. The van der Waals surface area contributed by atoms with E-state index in [1.165, 1.54) is 11.3 Å². The standard InChI is InChI=1S/C22H26ClN3O3S/c1-14-6-5-11-26(13-14)19(27)9-10-24-22(29)20-15(2)12-18(30-20)25-21(28)16-7-3-4-8-17(16)23/h3-4,7-8,12,14H,5-6,9-11,13H2,1-2H3,(H,24,29)(H,25,28). The number of anilines is 1. The molecular weight excluding hydrogens is 422 g/mol. The Labute approximate surface area is 185 Å². The number of carbonyl (C=O) groups excluding carboxylic acids is 3. The summed E-state index contributed by atoms with van der Waals surface area (Å²) in [5.41, 5.74) is 1.14. The SMILES string of the molecule is Cc1cc(NC(=O)c2ccccc2Cl)sc1C(=O)NCCC(=O)N1CCCC(C)C1. The number of hydrogen-bond donors (Lipinski definition) is 2. The molecule has 0 radical (unpaired) electrons. The van der Waals surface area contributed by atoms with Gasteiger partial charge in [0.05, 0.1) is 20.5 Å². The first-order valence-electron chi connectivity index (χ1n) is 10.1. The molecule has 0 saturated carbocycles. The number of benzene rings is 1. The van der Waals surface area contributed by atoms with E-state index in [1.54, 1.807) is 30.3 Å². The van der Waals surface area contributed by atoms with Gasteiger partial charge in [-0.25, -0.2) is 0 Å². The monoisotopic (exact) mass is 447 g/mol. The summed E-state index contributed by atoms with van der Waals surface area (Å²) in [4.78, 5) is 39.7. The third-order valence-electron chi connectivity index (χ3n) is 5.11. The topological polar surface area (TPSA) is 78.5 Å². The molecule has 0 spiro atoms. The van der Waals surface area contributed by atoms with Crippen molar-refractivity contribution in [3.63, 3.8) is 0 Å². The fourth-order valence-electron chi connectivity index (χ4n) is 3.53. The molecule has 3 amide bonds. The van der Waals surface area contributed by atoms with Crippen molar-refractivity contribution in [3.8, 4) is 0 Å². The Bertz CT molecular complexity index is 943. The number of thiophene rings is 1. The number of hydrogen-bond acceptors (Lipinski definition) is 4. The van der Waals surface area contributed by atoms with Gasteiger partial charge < -0.3 is 15.5 Å². The molecule has 1 aliphatic rings. The normalized spacial score (nSPS) is 16.2. The lowest BCUT2D eigenvalue weighted by Crippen LogP contribution is -2.40. The van der Waals surface area contributed by atoms with E-state index in [-0.39, 0.29) is 17.7 Å². The zero-order chi connectivity index (χ0) is 21.7. The van der Waals surface area contributed by atoms with Crippen molar-refractivity contribution in [1.29, 1.82) is 0 Å². The van der Waals surface area contributed by atoms with Crippen molar-refractivity contribution in [2.45, 2.75) is 33.1 Å². The third-order valence-corrected chi connectivity index (χ3v) is 6.59. The number of nitrogens with zero attached hydrogens (tertiary/aromatic N) is 1. The summed E-state index contributed by atoms with van der Waals surface area (Å²) in [6.45, 7) is 5.86. The van der Waals surface area contributed by atoms with Crippen LogP contribution in [0.15, 0.2) is 30.3 Å². The molecule has 2 heterocycles. The third kappa shape index (κ3) is 5.61. The van der Waals surface area contributed by atoms with Crippen LogP contribution >= 0.6 is 22.9 Å². The predicted octanol–water partition coefficient (Wildman–Crippen LogP) is 4.34. The maximum atomic E-state index is 12.5. The van der Waals surface area contributed by atoms with Crippen LogP contribution in [0.25, 0.3) is 0 Å². The van der Waals surface area contributed by atoms with Crippen molar-refractivity contribution in [3.05, 3.63) is 51.4 Å². The van der Waals surface area contributed by atoms with E-state index in [4.69, 9.17) is 11.6 Å². The number of rotatable bonds is 6. The largest absolute Gasteiger partial charge is 0.351 e. The summed E-state index contributed by atoms with van der Waals surface area (Å²) < 4.78 is 0. The maximum absolute atomic E-state index is 12.5. The molecule has 160 valence electrons.